The molecule has 0 aliphatic carbocycles. The maximum atomic E-state index is 11.8. The molecule has 3 heteroatoms. The summed E-state index contributed by atoms with van der Waals surface area (Å²) < 4.78 is 13.8. The maximum absolute atomic E-state index is 11.8. The van der Waals surface area contributed by atoms with Crippen molar-refractivity contribution in [3.8, 4) is 11.2 Å². The molecule has 1 unspecified atom stereocenters. The van der Waals surface area contributed by atoms with Crippen LogP contribution in [0.25, 0.3) is 0 Å². The van der Waals surface area contributed by atoms with Gasteiger partial charge in [0.15, 0.2) is 11.0 Å². The highest BCUT2D eigenvalue weighted by Gasteiger charge is 2.14. The van der Waals surface area contributed by atoms with E-state index >= 15 is 0 Å². The van der Waals surface area contributed by atoms with E-state index in [4.69, 9.17) is 0 Å². The van der Waals surface area contributed by atoms with Crippen molar-refractivity contribution in [2.45, 2.75) is 19.3 Å². The SMILES string of the molecule is O=S(C#Cc1ccccc1)N1CCCCC1. The number of benzene rings is 1. The standard InChI is InChI=1S/C13H15NOS/c15-16(14-10-5-2-6-11-14)12-9-13-7-3-1-4-8-13/h1,3-4,7-8H,2,5-6,10-11H2. The summed E-state index contributed by atoms with van der Waals surface area (Å²) in [7, 11) is -1.13. The zero-order valence-electron chi connectivity index (χ0n) is 9.19. The van der Waals surface area contributed by atoms with Crippen molar-refractivity contribution in [3.63, 3.8) is 0 Å². The Morgan fingerprint density at radius 3 is 2.44 bits per heavy atom. The fraction of sp³-hybridized carbons (Fsp3) is 0.385. The summed E-state index contributed by atoms with van der Waals surface area (Å²) in [5.74, 6) is 2.95. The van der Waals surface area contributed by atoms with Crippen molar-refractivity contribution in [2.75, 3.05) is 13.1 Å². The summed E-state index contributed by atoms with van der Waals surface area (Å²) in [4.78, 5) is 0. The number of hydrogen-bond acceptors (Lipinski definition) is 1. The second-order valence-corrected chi connectivity index (χ2v) is 5.05. The first kappa shape index (κ1) is 11.4. The summed E-state index contributed by atoms with van der Waals surface area (Å²) in [5, 5.41) is 2.82. The van der Waals surface area contributed by atoms with Crippen LogP contribution in [-0.4, -0.2) is 21.6 Å². The lowest BCUT2D eigenvalue weighted by molar-refractivity contribution is 0.369. The molecule has 1 aliphatic rings. The molecule has 0 spiro atoms. The van der Waals surface area contributed by atoms with E-state index in [1.54, 1.807) is 0 Å². The van der Waals surface area contributed by atoms with Crippen molar-refractivity contribution < 1.29 is 4.21 Å². The summed E-state index contributed by atoms with van der Waals surface area (Å²) in [6, 6.07) is 9.69. The van der Waals surface area contributed by atoms with Gasteiger partial charge in [-0.1, -0.05) is 30.5 Å². The second-order valence-electron chi connectivity index (χ2n) is 3.83. The van der Waals surface area contributed by atoms with Gasteiger partial charge in [0.05, 0.1) is 0 Å². The average molecular weight is 233 g/mol. The Hall–Kier alpha value is -1.11. The number of piperidine rings is 1. The van der Waals surface area contributed by atoms with Gasteiger partial charge in [0.1, 0.15) is 0 Å². The van der Waals surface area contributed by atoms with E-state index < -0.39 is 11.0 Å². The van der Waals surface area contributed by atoms with Crippen LogP contribution in [0, 0.1) is 11.2 Å². The highest BCUT2D eigenvalue weighted by atomic mass is 32.2. The predicted octanol–water partition coefficient (Wildman–Crippen LogP) is 2.15. The summed E-state index contributed by atoms with van der Waals surface area (Å²) >= 11 is 0. The monoisotopic (exact) mass is 233 g/mol. The fourth-order valence-corrected chi connectivity index (χ4v) is 2.64. The van der Waals surface area contributed by atoms with Crippen LogP contribution >= 0.6 is 0 Å². The van der Waals surface area contributed by atoms with Crippen molar-refractivity contribution in [3.05, 3.63) is 35.9 Å². The number of hydrogen-bond donors (Lipinski definition) is 0. The molecule has 0 bridgehead atoms. The molecular formula is C13H15NOS. The molecular weight excluding hydrogens is 218 g/mol. The molecule has 0 aromatic heterocycles. The molecule has 2 rings (SSSR count). The molecule has 1 saturated heterocycles. The van der Waals surface area contributed by atoms with Crippen molar-refractivity contribution in [1.82, 2.24) is 4.31 Å². The molecule has 1 aromatic carbocycles. The van der Waals surface area contributed by atoms with Crippen LogP contribution in [0.15, 0.2) is 30.3 Å². The van der Waals surface area contributed by atoms with Crippen LogP contribution in [0.1, 0.15) is 24.8 Å². The quantitative estimate of drug-likeness (QED) is 0.681. The largest absolute Gasteiger partial charge is 0.228 e. The Bertz CT molecular complexity index is 413. The van der Waals surface area contributed by atoms with Gasteiger partial charge in [-0.3, -0.25) is 0 Å². The predicted molar refractivity (Wildman–Crippen MR) is 66.9 cm³/mol. The zero-order valence-corrected chi connectivity index (χ0v) is 10.0. The third-order valence-electron chi connectivity index (χ3n) is 2.61. The number of nitrogens with zero attached hydrogens (tertiary/aromatic N) is 1. The average Bonchev–Trinajstić information content (AvgIpc) is 2.38. The lowest BCUT2D eigenvalue weighted by atomic mass is 10.2. The highest BCUT2D eigenvalue weighted by molar-refractivity contribution is 7.87. The third-order valence-corrected chi connectivity index (χ3v) is 3.72. The van der Waals surface area contributed by atoms with Crippen LogP contribution in [-0.2, 0) is 11.0 Å². The van der Waals surface area contributed by atoms with Crippen LogP contribution in [0.5, 0.6) is 0 Å². The van der Waals surface area contributed by atoms with Crippen LogP contribution in [0.4, 0.5) is 0 Å². The second kappa shape index (κ2) is 5.83. The Balaban J connectivity index is 1.99. The van der Waals surface area contributed by atoms with E-state index in [1.807, 2.05) is 34.6 Å². The third kappa shape index (κ3) is 3.19. The molecule has 1 fully saturated rings. The molecule has 1 heterocycles. The molecule has 0 saturated carbocycles. The zero-order chi connectivity index (χ0) is 11.2. The van der Waals surface area contributed by atoms with Gasteiger partial charge in [0, 0.05) is 23.9 Å². The van der Waals surface area contributed by atoms with Gasteiger partial charge in [-0.2, -0.15) is 0 Å². The Kier molecular flexibility index (Phi) is 4.15. The van der Waals surface area contributed by atoms with E-state index in [0.29, 0.717) is 0 Å². The molecule has 1 aliphatic heterocycles. The summed E-state index contributed by atoms with van der Waals surface area (Å²) in [5.41, 5.74) is 0.924. The topological polar surface area (TPSA) is 20.3 Å². The lowest BCUT2D eigenvalue weighted by Gasteiger charge is -2.22. The van der Waals surface area contributed by atoms with Crippen LogP contribution < -0.4 is 0 Å². The molecule has 84 valence electrons. The minimum atomic E-state index is -1.13. The Labute approximate surface area is 99.2 Å². The first-order valence-electron chi connectivity index (χ1n) is 5.60. The van der Waals surface area contributed by atoms with E-state index in [9.17, 15) is 4.21 Å². The van der Waals surface area contributed by atoms with Crippen LogP contribution in [0.3, 0.4) is 0 Å². The maximum Gasteiger partial charge on any atom is 0.174 e. The molecule has 0 radical (unpaired) electrons. The number of rotatable bonds is 1. The highest BCUT2D eigenvalue weighted by Crippen LogP contribution is 2.10. The molecule has 16 heavy (non-hydrogen) atoms. The first-order chi connectivity index (χ1) is 7.86. The van der Waals surface area contributed by atoms with Gasteiger partial charge >= 0.3 is 0 Å². The lowest BCUT2D eigenvalue weighted by Crippen LogP contribution is -2.30. The minimum Gasteiger partial charge on any atom is -0.228 e. The molecule has 0 amide bonds. The van der Waals surface area contributed by atoms with Crippen molar-refractivity contribution in [2.24, 2.45) is 0 Å². The molecule has 1 atom stereocenters. The summed E-state index contributed by atoms with van der Waals surface area (Å²) in [6.45, 7) is 1.83. The van der Waals surface area contributed by atoms with Crippen molar-refractivity contribution in [1.29, 1.82) is 0 Å². The smallest absolute Gasteiger partial charge is 0.174 e. The van der Waals surface area contributed by atoms with Gasteiger partial charge in [0.25, 0.3) is 0 Å². The Morgan fingerprint density at radius 2 is 1.75 bits per heavy atom. The van der Waals surface area contributed by atoms with Crippen molar-refractivity contribution >= 4 is 11.0 Å². The van der Waals surface area contributed by atoms with E-state index in [-0.39, 0.29) is 0 Å². The van der Waals surface area contributed by atoms with Gasteiger partial charge < -0.3 is 0 Å². The van der Waals surface area contributed by atoms with Crippen LogP contribution in [0.2, 0.25) is 0 Å². The van der Waals surface area contributed by atoms with E-state index in [2.05, 4.69) is 11.2 Å². The van der Waals surface area contributed by atoms with Gasteiger partial charge in [-0.25, -0.2) is 8.51 Å². The molecule has 2 nitrogen and oxygen atoms in total. The first-order valence-corrected chi connectivity index (χ1v) is 6.70. The van der Waals surface area contributed by atoms with Gasteiger partial charge in [0.2, 0.25) is 0 Å². The Morgan fingerprint density at radius 1 is 1.06 bits per heavy atom. The van der Waals surface area contributed by atoms with E-state index in [0.717, 1.165) is 31.5 Å². The minimum absolute atomic E-state index is 0.913. The van der Waals surface area contributed by atoms with Gasteiger partial charge in [-0.15, -0.1) is 0 Å². The van der Waals surface area contributed by atoms with E-state index in [1.165, 1.54) is 6.42 Å². The van der Waals surface area contributed by atoms with Gasteiger partial charge in [-0.05, 0) is 25.0 Å². The summed E-state index contributed by atoms with van der Waals surface area (Å²) in [6.07, 6.45) is 3.53. The molecule has 0 N–H and O–H groups in total. The normalized spacial score (nSPS) is 18.5. The fourth-order valence-electron chi connectivity index (χ4n) is 1.72. The molecule has 1 aromatic rings.